The quantitative estimate of drug-likeness (QED) is 0.558. The van der Waals surface area contributed by atoms with Crippen LogP contribution in [0.2, 0.25) is 0 Å². The summed E-state index contributed by atoms with van der Waals surface area (Å²) in [6.07, 6.45) is 6.19. The van der Waals surface area contributed by atoms with E-state index in [1.54, 1.807) is 0 Å². The van der Waals surface area contributed by atoms with E-state index in [4.69, 9.17) is 0 Å². The van der Waals surface area contributed by atoms with E-state index in [1.807, 2.05) is 12.2 Å². The summed E-state index contributed by atoms with van der Waals surface area (Å²) >= 11 is 0. The molecule has 100 valence electrons. The van der Waals surface area contributed by atoms with Gasteiger partial charge in [-0.15, -0.1) is 0 Å². The second kappa shape index (κ2) is 4.33. The van der Waals surface area contributed by atoms with Gasteiger partial charge < -0.3 is 5.32 Å². The lowest BCUT2D eigenvalue weighted by Crippen LogP contribution is -2.52. The Labute approximate surface area is 111 Å². The Balaban J connectivity index is 1.85. The molecule has 5 nitrogen and oxygen atoms in total. The number of nitrogens with one attached hydrogen (secondary N) is 1. The highest BCUT2D eigenvalue weighted by molar-refractivity contribution is 6.08. The fourth-order valence-electron chi connectivity index (χ4n) is 3.14. The van der Waals surface area contributed by atoms with E-state index in [2.05, 4.69) is 11.9 Å². The zero-order valence-corrected chi connectivity index (χ0v) is 10.6. The molecule has 0 aromatic carbocycles. The number of carbonyl (C=O) groups excluding carboxylic acids is 3. The third kappa shape index (κ3) is 1.80. The number of hydrogen-bond donors (Lipinski definition) is 1. The lowest BCUT2D eigenvalue weighted by atomic mass is 9.85. The van der Waals surface area contributed by atoms with E-state index >= 15 is 0 Å². The van der Waals surface area contributed by atoms with Crippen LogP contribution in [0, 0.1) is 11.8 Å². The van der Waals surface area contributed by atoms with Crippen LogP contribution in [0.3, 0.4) is 0 Å². The number of allylic oxidation sites excluding steroid dienone is 3. The molecule has 19 heavy (non-hydrogen) atoms. The van der Waals surface area contributed by atoms with Crippen molar-refractivity contribution in [1.29, 1.82) is 0 Å². The zero-order valence-electron chi connectivity index (χ0n) is 10.6. The van der Waals surface area contributed by atoms with Crippen LogP contribution in [0.1, 0.15) is 25.7 Å². The minimum atomic E-state index is -0.656. The molecule has 0 aromatic rings. The Hall–Kier alpha value is -1.91. The molecule has 0 saturated carbocycles. The Bertz CT molecular complexity index is 483. The average molecular weight is 260 g/mol. The van der Waals surface area contributed by atoms with E-state index in [0.717, 1.165) is 0 Å². The molecule has 0 bridgehead atoms. The Morgan fingerprint density at radius 1 is 1.11 bits per heavy atom. The molecular weight excluding hydrogens is 244 g/mol. The standard InChI is InChI=1S/C14H16N2O3/c1-8-6-7-11(12(17)15-8)16-13(18)9-4-2-3-5-10(9)14(16)19/h2-3,9-11H,1,4-7H2,(H,15,17)/t9-,10+,11-/m0/s1. The van der Waals surface area contributed by atoms with E-state index in [-0.39, 0.29) is 29.6 Å². The second-order valence-electron chi connectivity index (χ2n) is 5.35. The summed E-state index contributed by atoms with van der Waals surface area (Å²) in [4.78, 5) is 37.8. The topological polar surface area (TPSA) is 66.5 Å². The van der Waals surface area contributed by atoms with E-state index in [9.17, 15) is 14.4 Å². The maximum absolute atomic E-state index is 12.3. The van der Waals surface area contributed by atoms with Crippen molar-refractivity contribution in [3.63, 3.8) is 0 Å². The fourth-order valence-corrected chi connectivity index (χ4v) is 3.14. The first-order valence-corrected chi connectivity index (χ1v) is 6.60. The predicted octanol–water partition coefficient (Wildman–Crippen LogP) is 0.730. The van der Waals surface area contributed by atoms with E-state index in [1.165, 1.54) is 4.90 Å². The van der Waals surface area contributed by atoms with E-state index < -0.39 is 6.04 Å². The first-order chi connectivity index (χ1) is 9.09. The molecule has 0 aromatic heterocycles. The number of nitrogens with zero attached hydrogens (tertiary/aromatic N) is 1. The molecule has 0 unspecified atom stereocenters. The number of imide groups is 1. The molecule has 0 spiro atoms. The average Bonchev–Trinajstić information content (AvgIpc) is 2.64. The van der Waals surface area contributed by atoms with E-state index in [0.29, 0.717) is 31.4 Å². The van der Waals surface area contributed by atoms with Crippen LogP contribution in [0.5, 0.6) is 0 Å². The normalized spacial score (nSPS) is 34.5. The highest BCUT2D eigenvalue weighted by Crippen LogP contribution is 2.37. The minimum Gasteiger partial charge on any atom is -0.329 e. The van der Waals surface area contributed by atoms with Crippen LogP contribution in [-0.2, 0) is 14.4 Å². The Morgan fingerprint density at radius 3 is 2.21 bits per heavy atom. The van der Waals surface area contributed by atoms with Crippen LogP contribution >= 0.6 is 0 Å². The van der Waals surface area contributed by atoms with Crippen LogP contribution in [0.15, 0.2) is 24.4 Å². The third-order valence-corrected chi connectivity index (χ3v) is 4.18. The van der Waals surface area contributed by atoms with Crippen molar-refractivity contribution in [3.8, 4) is 0 Å². The largest absolute Gasteiger partial charge is 0.329 e. The molecule has 5 heteroatoms. The van der Waals surface area contributed by atoms with Crippen molar-refractivity contribution in [2.75, 3.05) is 0 Å². The van der Waals surface area contributed by atoms with Crippen LogP contribution in [0.4, 0.5) is 0 Å². The maximum atomic E-state index is 12.3. The smallest absolute Gasteiger partial charge is 0.247 e. The van der Waals surface area contributed by atoms with Crippen LogP contribution in [0.25, 0.3) is 0 Å². The van der Waals surface area contributed by atoms with Gasteiger partial charge in [-0.3, -0.25) is 19.3 Å². The van der Waals surface area contributed by atoms with Gasteiger partial charge in [0.05, 0.1) is 11.8 Å². The van der Waals surface area contributed by atoms with Gasteiger partial charge in [-0.25, -0.2) is 0 Å². The highest BCUT2D eigenvalue weighted by atomic mass is 16.2. The summed E-state index contributed by atoms with van der Waals surface area (Å²) in [7, 11) is 0. The van der Waals surface area contributed by atoms with Crippen molar-refractivity contribution in [2.24, 2.45) is 11.8 Å². The predicted molar refractivity (Wildman–Crippen MR) is 67.5 cm³/mol. The van der Waals surface area contributed by atoms with Gasteiger partial charge in [0.15, 0.2) is 0 Å². The molecule has 2 aliphatic heterocycles. The number of rotatable bonds is 1. The van der Waals surface area contributed by atoms with Crippen molar-refractivity contribution in [1.82, 2.24) is 10.2 Å². The maximum Gasteiger partial charge on any atom is 0.247 e. The van der Waals surface area contributed by atoms with Crippen LogP contribution in [-0.4, -0.2) is 28.7 Å². The van der Waals surface area contributed by atoms with Gasteiger partial charge in [-0.1, -0.05) is 18.7 Å². The van der Waals surface area contributed by atoms with Gasteiger partial charge >= 0.3 is 0 Å². The number of carbonyl (C=O) groups is 3. The SMILES string of the molecule is C=C1CC[C@H](N2C(=O)[C@H]3CC=CC[C@H]3C2=O)C(=O)N1. The third-order valence-electron chi connectivity index (χ3n) is 4.18. The number of amides is 3. The Morgan fingerprint density at radius 2 is 1.68 bits per heavy atom. The Kier molecular flexibility index (Phi) is 2.77. The lowest BCUT2D eigenvalue weighted by molar-refractivity contribution is -0.148. The zero-order chi connectivity index (χ0) is 13.6. The summed E-state index contributed by atoms with van der Waals surface area (Å²) in [5.74, 6) is -1.20. The molecule has 3 atom stereocenters. The number of fused-ring (bicyclic) bond motifs is 1. The summed E-state index contributed by atoms with van der Waals surface area (Å²) in [5.41, 5.74) is 0.652. The van der Waals surface area contributed by atoms with Crippen molar-refractivity contribution in [2.45, 2.75) is 31.7 Å². The van der Waals surface area contributed by atoms with Crippen LogP contribution < -0.4 is 5.32 Å². The number of piperidine rings is 1. The molecule has 1 aliphatic carbocycles. The first-order valence-electron chi connectivity index (χ1n) is 6.60. The molecule has 3 rings (SSSR count). The van der Waals surface area contributed by atoms with Gasteiger partial charge in [-0.2, -0.15) is 0 Å². The monoisotopic (exact) mass is 260 g/mol. The van der Waals surface area contributed by atoms with Crippen molar-refractivity contribution in [3.05, 3.63) is 24.4 Å². The molecule has 3 aliphatic rings. The number of hydrogen-bond acceptors (Lipinski definition) is 3. The second-order valence-corrected chi connectivity index (χ2v) is 5.35. The highest BCUT2D eigenvalue weighted by Gasteiger charge is 2.51. The van der Waals surface area contributed by atoms with Gasteiger partial charge in [0, 0.05) is 5.70 Å². The molecule has 2 fully saturated rings. The first kappa shape index (κ1) is 12.1. The molecule has 0 radical (unpaired) electrons. The molecule has 1 N–H and O–H groups in total. The van der Waals surface area contributed by atoms with Gasteiger partial charge in [-0.05, 0) is 25.7 Å². The summed E-state index contributed by atoms with van der Waals surface area (Å²) in [6.45, 7) is 3.71. The minimum absolute atomic E-state index is 0.188. The lowest BCUT2D eigenvalue weighted by Gasteiger charge is -2.30. The summed E-state index contributed by atoms with van der Waals surface area (Å²) < 4.78 is 0. The van der Waals surface area contributed by atoms with Gasteiger partial charge in [0.2, 0.25) is 17.7 Å². The molecular formula is C14H16N2O3. The summed E-state index contributed by atoms with van der Waals surface area (Å²) in [5, 5.41) is 2.63. The number of likely N-dealkylation sites (tertiary alicyclic amines) is 1. The van der Waals surface area contributed by atoms with Gasteiger partial charge in [0.1, 0.15) is 6.04 Å². The summed E-state index contributed by atoms with van der Waals surface area (Å²) in [6, 6.07) is -0.656. The molecule has 2 heterocycles. The fraction of sp³-hybridized carbons (Fsp3) is 0.500. The van der Waals surface area contributed by atoms with Crippen molar-refractivity contribution >= 4 is 17.7 Å². The molecule has 2 saturated heterocycles. The van der Waals surface area contributed by atoms with Gasteiger partial charge in [0.25, 0.3) is 0 Å². The molecule has 3 amide bonds. The van der Waals surface area contributed by atoms with Crippen molar-refractivity contribution < 1.29 is 14.4 Å².